The molecule has 3 rings (SSSR count). The zero-order valence-corrected chi connectivity index (χ0v) is 13.9. The first-order chi connectivity index (χ1) is 10.7. The Morgan fingerprint density at radius 2 is 2.18 bits per heavy atom. The molecule has 0 spiro atoms. The summed E-state index contributed by atoms with van der Waals surface area (Å²) < 4.78 is 5.50. The Labute approximate surface area is 135 Å². The number of thiophene rings is 1. The van der Waals surface area contributed by atoms with Crippen LogP contribution in [0.1, 0.15) is 16.6 Å². The normalized spacial score (nSPS) is 17.4. The molecule has 1 aliphatic heterocycles. The van der Waals surface area contributed by atoms with Crippen LogP contribution in [0.25, 0.3) is 0 Å². The first-order valence-electron chi connectivity index (χ1n) is 7.60. The van der Waals surface area contributed by atoms with Crippen molar-refractivity contribution >= 4 is 17.3 Å². The van der Waals surface area contributed by atoms with E-state index in [0.29, 0.717) is 6.04 Å². The van der Waals surface area contributed by atoms with Crippen LogP contribution in [0.5, 0.6) is 0 Å². The van der Waals surface area contributed by atoms with Crippen LogP contribution in [-0.2, 0) is 4.74 Å². The predicted molar refractivity (Wildman–Crippen MR) is 89.5 cm³/mol. The smallest absolute Gasteiger partial charge is 0.225 e. The summed E-state index contributed by atoms with van der Waals surface area (Å²) in [5.41, 5.74) is 0.996. The Hall–Kier alpha value is -1.50. The second kappa shape index (κ2) is 7.17. The molecule has 118 valence electrons. The Morgan fingerprint density at radius 3 is 2.86 bits per heavy atom. The van der Waals surface area contributed by atoms with Crippen molar-refractivity contribution in [3.63, 3.8) is 0 Å². The zero-order valence-electron chi connectivity index (χ0n) is 13.1. The van der Waals surface area contributed by atoms with Crippen LogP contribution in [0.3, 0.4) is 0 Å². The van der Waals surface area contributed by atoms with E-state index < -0.39 is 0 Å². The number of morpholine rings is 1. The lowest BCUT2D eigenvalue weighted by atomic mass is 10.2. The number of hydrogen-bond acceptors (Lipinski definition) is 6. The fraction of sp³-hybridized carbons (Fsp3) is 0.500. The van der Waals surface area contributed by atoms with Gasteiger partial charge in [-0.3, -0.25) is 4.90 Å². The van der Waals surface area contributed by atoms with Gasteiger partial charge in [-0.15, -0.1) is 11.3 Å². The molecule has 0 radical (unpaired) electrons. The Kier molecular flexibility index (Phi) is 5.02. The van der Waals surface area contributed by atoms with E-state index in [-0.39, 0.29) is 0 Å². The quantitative estimate of drug-likeness (QED) is 0.846. The van der Waals surface area contributed by atoms with Crippen LogP contribution in [0.15, 0.2) is 29.8 Å². The summed E-state index contributed by atoms with van der Waals surface area (Å²) in [6.07, 6.45) is 1.82. The standard InChI is InChI=1S/C16H22N4OS/c1-13-5-6-17-16(18-13)19(2)12-14(15-4-3-11-22-15)20-7-9-21-10-8-20/h3-6,11,14H,7-10,12H2,1-2H3/t14-/m0/s1. The summed E-state index contributed by atoms with van der Waals surface area (Å²) in [4.78, 5) is 15.0. The molecular formula is C16H22N4OS. The number of aryl methyl sites for hydroxylation is 1. The van der Waals surface area contributed by atoms with Gasteiger partial charge in [0.25, 0.3) is 0 Å². The molecule has 3 heterocycles. The molecule has 2 aromatic rings. The maximum Gasteiger partial charge on any atom is 0.225 e. The Bertz CT molecular complexity index is 584. The summed E-state index contributed by atoms with van der Waals surface area (Å²) in [7, 11) is 2.07. The molecule has 0 aliphatic carbocycles. The van der Waals surface area contributed by atoms with Crippen LogP contribution in [0.4, 0.5) is 5.95 Å². The van der Waals surface area contributed by atoms with Gasteiger partial charge in [-0.05, 0) is 24.4 Å². The lowest BCUT2D eigenvalue weighted by Gasteiger charge is -2.36. The zero-order chi connectivity index (χ0) is 15.4. The molecule has 0 unspecified atom stereocenters. The molecule has 1 fully saturated rings. The van der Waals surface area contributed by atoms with Crippen molar-refractivity contribution in [2.24, 2.45) is 0 Å². The van der Waals surface area contributed by atoms with E-state index >= 15 is 0 Å². The van der Waals surface area contributed by atoms with Gasteiger partial charge in [-0.25, -0.2) is 9.97 Å². The molecule has 22 heavy (non-hydrogen) atoms. The highest BCUT2D eigenvalue weighted by atomic mass is 32.1. The van der Waals surface area contributed by atoms with Gasteiger partial charge >= 0.3 is 0 Å². The molecular weight excluding hydrogens is 296 g/mol. The number of likely N-dealkylation sites (N-methyl/N-ethyl adjacent to an activating group) is 1. The van der Waals surface area contributed by atoms with Crippen molar-refractivity contribution in [2.75, 3.05) is 44.8 Å². The van der Waals surface area contributed by atoms with Crippen LogP contribution < -0.4 is 4.90 Å². The molecule has 0 aromatic carbocycles. The van der Waals surface area contributed by atoms with Gasteiger partial charge in [0.2, 0.25) is 5.95 Å². The van der Waals surface area contributed by atoms with Gasteiger partial charge in [0, 0.05) is 43.4 Å². The SMILES string of the molecule is Cc1ccnc(N(C)C[C@@H](c2cccs2)N2CCOCC2)n1. The molecule has 0 N–H and O–H groups in total. The van der Waals surface area contributed by atoms with Crippen LogP contribution >= 0.6 is 11.3 Å². The molecule has 2 aromatic heterocycles. The van der Waals surface area contributed by atoms with Gasteiger partial charge in [0.05, 0.1) is 19.3 Å². The Morgan fingerprint density at radius 1 is 1.36 bits per heavy atom. The highest BCUT2D eigenvalue weighted by molar-refractivity contribution is 7.10. The summed E-state index contributed by atoms with van der Waals surface area (Å²) in [6, 6.07) is 6.63. The van der Waals surface area contributed by atoms with Crippen molar-refractivity contribution in [1.82, 2.24) is 14.9 Å². The van der Waals surface area contributed by atoms with Gasteiger partial charge in [-0.1, -0.05) is 6.07 Å². The van der Waals surface area contributed by atoms with Crippen molar-refractivity contribution in [2.45, 2.75) is 13.0 Å². The maximum absolute atomic E-state index is 5.50. The molecule has 1 aliphatic rings. The fourth-order valence-corrected chi connectivity index (χ4v) is 3.57. The van der Waals surface area contributed by atoms with E-state index in [1.807, 2.05) is 30.5 Å². The van der Waals surface area contributed by atoms with Crippen LogP contribution in [-0.4, -0.2) is 54.8 Å². The molecule has 6 heteroatoms. The van der Waals surface area contributed by atoms with E-state index in [1.165, 1.54) is 4.88 Å². The van der Waals surface area contributed by atoms with E-state index in [0.717, 1.165) is 44.5 Å². The molecule has 1 saturated heterocycles. The topological polar surface area (TPSA) is 41.5 Å². The number of anilines is 1. The van der Waals surface area contributed by atoms with Crippen molar-refractivity contribution in [3.05, 3.63) is 40.3 Å². The lowest BCUT2D eigenvalue weighted by Crippen LogP contribution is -2.43. The predicted octanol–water partition coefficient (Wildman–Crippen LogP) is 2.36. The number of ether oxygens (including phenoxy) is 1. The average Bonchev–Trinajstić information content (AvgIpc) is 3.07. The summed E-state index contributed by atoms with van der Waals surface area (Å²) >= 11 is 1.82. The van der Waals surface area contributed by atoms with E-state index in [1.54, 1.807) is 0 Å². The highest BCUT2D eigenvalue weighted by Gasteiger charge is 2.25. The molecule has 0 amide bonds. The number of aromatic nitrogens is 2. The second-order valence-corrected chi connectivity index (χ2v) is 6.54. The van der Waals surface area contributed by atoms with Crippen molar-refractivity contribution < 1.29 is 4.74 Å². The first-order valence-corrected chi connectivity index (χ1v) is 8.48. The van der Waals surface area contributed by atoms with Gasteiger partial charge in [-0.2, -0.15) is 0 Å². The molecule has 5 nitrogen and oxygen atoms in total. The molecule has 0 saturated carbocycles. The number of nitrogens with zero attached hydrogens (tertiary/aromatic N) is 4. The summed E-state index contributed by atoms with van der Waals surface area (Å²) in [5.74, 6) is 0.787. The maximum atomic E-state index is 5.50. The summed E-state index contributed by atoms with van der Waals surface area (Å²) in [6.45, 7) is 6.46. The summed E-state index contributed by atoms with van der Waals surface area (Å²) in [5, 5.41) is 2.14. The van der Waals surface area contributed by atoms with Crippen molar-refractivity contribution in [3.8, 4) is 0 Å². The van der Waals surface area contributed by atoms with E-state index in [2.05, 4.69) is 44.3 Å². The minimum atomic E-state index is 0.359. The third kappa shape index (κ3) is 3.63. The second-order valence-electron chi connectivity index (χ2n) is 5.56. The van der Waals surface area contributed by atoms with Gasteiger partial charge in [0.1, 0.15) is 0 Å². The minimum absolute atomic E-state index is 0.359. The van der Waals surface area contributed by atoms with Crippen LogP contribution in [0.2, 0.25) is 0 Å². The largest absolute Gasteiger partial charge is 0.379 e. The first kappa shape index (κ1) is 15.4. The third-order valence-electron chi connectivity index (χ3n) is 3.93. The van der Waals surface area contributed by atoms with Crippen molar-refractivity contribution in [1.29, 1.82) is 0 Å². The van der Waals surface area contributed by atoms with Gasteiger partial charge in [0.15, 0.2) is 0 Å². The third-order valence-corrected chi connectivity index (χ3v) is 4.90. The van der Waals surface area contributed by atoms with E-state index in [4.69, 9.17) is 4.74 Å². The highest BCUT2D eigenvalue weighted by Crippen LogP contribution is 2.27. The molecule has 0 bridgehead atoms. The number of rotatable bonds is 5. The monoisotopic (exact) mass is 318 g/mol. The lowest BCUT2D eigenvalue weighted by molar-refractivity contribution is 0.0183. The van der Waals surface area contributed by atoms with Gasteiger partial charge < -0.3 is 9.64 Å². The number of hydrogen-bond donors (Lipinski definition) is 0. The molecule has 1 atom stereocenters. The minimum Gasteiger partial charge on any atom is -0.379 e. The fourth-order valence-electron chi connectivity index (χ4n) is 2.72. The Balaban J connectivity index is 1.77. The van der Waals surface area contributed by atoms with E-state index in [9.17, 15) is 0 Å². The van der Waals surface area contributed by atoms with Crippen LogP contribution in [0, 0.1) is 6.92 Å². The average molecular weight is 318 g/mol.